The van der Waals surface area contributed by atoms with E-state index in [0.29, 0.717) is 21.7 Å². The number of carbonyl (C=O) groups excluding carboxylic acids is 1. The summed E-state index contributed by atoms with van der Waals surface area (Å²) in [6.07, 6.45) is 1.43. The zero-order valence-electron chi connectivity index (χ0n) is 19.1. The number of nitrogens with zero attached hydrogens (tertiary/aromatic N) is 3. The molecule has 0 unspecified atom stereocenters. The van der Waals surface area contributed by atoms with Gasteiger partial charge in [-0.1, -0.05) is 26.8 Å². The molecule has 0 atom stereocenters. The summed E-state index contributed by atoms with van der Waals surface area (Å²) in [5.41, 5.74) is 3.88. The van der Waals surface area contributed by atoms with E-state index in [0.717, 1.165) is 27.0 Å². The van der Waals surface area contributed by atoms with Crippen molar-refractivity contribution in [1.82, 2.24) is 14.5 Å². The Morgan fingerprint density at radius 1 is 1.22 bits per heavy atom. The van der Waals surface area contributed by atoms with Gasteiger partial charge in [0.2, 0.25) is 5.91 Å². The molecular weight excluding hydrogens is 424 g/mol. The third-order valence-corrected chi connectivity index (χ3v) is 6.46. The molecule has 3 heterocycles. The van der Waals surface area contributed by atoms with Crippen molar-refractivity contribution in [2.45, 2.75) is 46.6 Å². The van der Waals surface area contributed by atoms with E-state index in [4.69, 9.17) is 4.74 Å². The average Bonchev–Trinajstić information content (AvgIpc) is 3.08. The Morgan fingerprint density at radius 2 is 1.97 bits per heavy atom. The van der Waals surface area contributed by atoms with Gasteiger partial charge in [0, 0.05) is 11.1 Å². The molecule has 4 rings (SSSR count). The van der Waals surface area contributed by atoms with Crippen molar-refractivity contribution in [3.63, 3.8) is 0 Å². The van der Waals surface area contributed by atoms with Crippen LogP contribution in [0.15, 0.2) is 35.4 Å². The van der Waals surface area contributed by atoms with E-state index in [1.807, 2.05) is 38.1 Å². The normalized spacial score (nSPS) is 11.8. The van der Waals surface area contributed by atoms with Crippen LogP contribution in [0.1, 0.15) is 37.6 Å². The predicted octanol–water partition coefficient (Wildman–Crippen LogP) is 4.57. The van der Waals surface area contributed by atoms with Crippen LogP contribution >= 0.6 is 11.3 Å². The number of benzene rings is 1. The number of fused-ring (bicyclic) bond motifs is 3. The van der Waals surface area contributed by atoms with Gasteiger partial charge in [-0.15, -0.1) is 11.3 Å². The van der Waals surface area contributed by atoms with E-state index in [2.05, 4.69) is 36.1 Å². The monoisotopic (exact) mass is 450 g/mol. The maximum absolute atomic E-state index is 13.1. The van der Waals surface area contributed by atoms with Gasteiger partial charge in [0.05, 0.1) is 24.6 Å². The SMILES string of the molecule is COc1ccc(C(C)(C)C)cc1NC(=O)Cn1cnc2c(sc3nc(C)cc(C)c32)c1=O. The molecular formula is C24H26N4O3S. The van der Waals surface area contributed by atoms with E-state index in [-0.39, 0.29) is 23.4 Å². The Hall–Kier alpha value is -3.26. The van der Waals surface area contributed by atoms with Crippen LogP contribution < -0.4 is 15.6 Å². The molecule has 0 aliphatic rings. The number of hydrogen-bond acceptors (Lipinski definition) is 6. The van der Waals surface area contributed by atoms with Crippen molar-refractivity contribution in [1.29, 1.82) is 0 Å². The summed E-state index contributed by atoms with van der Waals surface area (Å²) in [6, 6.07) is 7.71. The third kappa shape index (κ3) is 3.98. The van der Waals surface area contributed by atoms with Crippen molar-refractivity contribution >= 4 is 43.4 Å². The van der Waals surface area contributed by atoms with Crippen LogP contribution in [0.5, 0.6) is 5.75 Å². The van der Waals surface area contributed by atoms with Crippen LogP contribution in [0.4, 0.5) is 5.69 Å². The first-order valence-electron chi connectivity index (χ1n) is 10.3. The fraction of sp³-hybridized carbons (Fsp3) is 0.333. The average molecular weight is 451 g/mol. The van der Waals surface area contributed by atoms with Gasteiger partial charge in [-0.3, -0.25) is 14.2 Å². The highest BCUT2D eigenvalue weighted by atomic mass is 32.1. The first kappa shape index (κ1) is 22.0. The molecule has 0 saturated heterocycles. The summed E-state index contributed by atoms with van der Waals surface area (Å²) in [4.78, 5) is 35.7. The van der Waals surface area contributed by atoms with Gasteiger partial charge < -0.3 is 10.1 Å². The maximum Gasteiger partial charge on any atom is 0.271 e. The third-order valence-electron chi connectivity index (χ3n) is 5.40. The summed E-state index contributed by atoms with van der Waals surface area (Å²) < 4.78 is 7.23. The van der Waals surface area contributed by atoms with Crippen molar-refractivity contribution in [3.8, 4) is 5.75 Å². The Morgan fingerprint density at radius 3 is 2.66 bits per heavy atom. The standard InChI is InChI=1S/C24H26N4O3S/c1-13-9-14(2)26-22-19(13)20-21(32-22)23(30)28(12-25-20)11-18(29)27-16-10-15(24(3,4)5)7-8-17(16)31-6/h7-10,12H,11H2,1-6H3,(H,27,29). The summed E-state index contributed by atoms with van der Waals surface area (Å²) in [7, 11) is 1.56. The lowest BCUT2D eigenvalue weighted by Crippen LogP contribution is -2.27. The van der Waals surface area contributed by atoms with E-state index in [1.165, 1.54) is 22.2 Å². The van der Waals surface area contributed by atoms with Gasteiger partial charge in [-0.05, 0) is 48.6 Å². The second-order valence-electron chi connectivity index (χ2n) is 8.93. The second-order valence-corrected chi connectivity index (χ2v) is 9.93. The van der Waals surface area contributed by atoms with E-state index >= 15 is 0 Å². The highest BCUT2D eigenvalue weighted by Crippen LogP contribution is 2.32. The van der Waals surface area contributed by atoms with E-state index < -0.39 is 0 Å². The molecule has 7 nitrogen and oxygen atoms in total. The number of nitrogens with one attached hydrogen (secondary N) is 1. The fourth-order valence-corrected chi connectivity index (χ4v) is 4.93. The van der Waals surface area contributed by atoms with Crippen LogP contribution in [0.3, 0.4) is 0 Å². The molecule has 0 saturated carbocycles. The zero-order valence-corrected chi connectivity index (χ0v) is 19.9. The van der Waals surface area contributed by atoms with Gasteiger partial charge in [0.1, 0.15) is 21.8 Å². The Kier molecular flexibility index (Phi) is 5.50. The van der Waals surface area contributed by atoms with Crippen LogP contribution in [0.2, 0.25) is 0 Å². The van der Waals surface area contributed by atoms with Crippen LogP contribution in [0.25, 0.3) is 20.4 Å². The number of aryl methyl sites for hydroxylation is 2. The van der Waals surface area contributed by atoms with Gasteiger partial charge in [-0.25, -0.2) is 9.97 Å². The van der Waals surface area contributed by atoms with Crippen molar-refractivity contribution in [3.05, 3.63) is 57.8 Å². The first-order valence-corrected chi connectivity index (χ1v) is 11.1. The molecule has 1 amide bonds. The first-order chi connectivity index (χ1) is 15.1. The molecule has 0 bridgehead atoms. The number of thiophene rings is 1. The molecule has 0 fully saturated rings. The molecule has 3 aromatic heterocycles. The Balaban J connectivity index is 1.66. The number of ether oxygens (including phenoxy) is 1. The lowest BCUT2D eigenvalue weighted by molar-refractivity contribution is -0.116. The molecule has 0 spiro atoms. The molecule has 0 radical (unpaired) electrons. The lowest BCUT2D eigenvalue weighted by Gasteiger charge is -2.21. The number of hydrogen-bond donors (Lipinski definition) is 1. The number of anilines is 1. The smallest absolute Gasteiger partial charge is 0.271 e. The Bertz CT molecular complexity index is 1410. The van der Waals surface area contributed by atoms with Crippen molar-refractivity contribution in [2.24, 2.45) is 0 Å². The van der Waals surface area contributed by atoms with E-state index in [9.17, 15) is 9.59 Å². The van der Waals surface area contributed by atoms with Gasteiger partial charge in [0.15, 0.2) is 0 Å². The molecule has 32 heavy (non-hydrogen) atoms. The molecule has 0 aliphatic carbocycles. The quantitative estimate of drug-likeness (QED) is 0.492. The molecule has 4 aromatic rings. The number of amides is 1. The van der Waals surface area contributed by atoms with Gasteiger partial charge in [0.25, 0.3) is 5.56 Å². The van der Waals surface area contributed by atoms with Crippen LogP contribution in [-0.2, 0) is 16.8 Å². The number of pyridine rings is 1. The highest BCUT2D eigenvalue weighted by molar-refractivity contribution is 7.25. The Labute approximate surface area is 190 Å². The molecule has 0 aliphatic heterocycles. The maximum atomic E-state index is 13.1. The summed E-state index contributed by atoms with van der Waals surface area (Å²) in [5.74, 6) is 0.234. The summed E-state index contributed by atoms with van der Waals surface area (Å²) in [6.45, 7) is 10.1. The molecule has 8 heteroatoms. The predicted molar refractivity (Wildman–Crippen MR) is 129 cm³/mol. The number of methoxy groups -OCH3 is 1. The number of rotatable bonds is 4. The summed E-state index contributed by atoms with van der Waals surface area (Å²) in [5, 5.41) is 3.78. The number of aromatic nitrogens is 3. The second kappa shape index (κ2) is 8.02. The minimum absolute atomic E-state index is 0.0800. The minimum atomic E-state index is -0.330. The van der Waals surface area contributed by atoms with Gasteiger partial charge in [-0.2, -0.15) is 0 Å². The lowest BCUT2D eigenvalue weighted by atomic mass is 9.87. The van der Waals surface area contributed by atoms with Crippen LogP contribution in [-0.4, -0.2) is 27.6 Å². The highest BCUT2D eigenvalue weighted by Gasteiger charge is 2.19. The number of carbonyl (C=O) groups is 1. The van der Waals surface area contributed by atoms with Crippen molar-refractivity contribution in [2.75, 3.05) is 12.4 Å². The molecule has 166 valence electrons. The minimum Gasteiger partial charge on any atom is -0.495 e. The molecule has 1 N–H and O–H groups in total. The molecule has 1 aromatic carbocycles. The largest absolute Gasteiger partial charge is 0.495 e. The van der Waals surface area contributed by atoms with Gasteiger partial charge >= 0.3 is 0 Å². The zero-order chi connectivity index (χ0) is 23.2. The van der Waals surface area contributed by atoms with Crippen molar-refractivity contribution < 1.29 is 9.53 Å². The topological polar surface area (TPSA) is 86.1 Å². The van der Waals surface area contributed by atoms with E-state index in [1.54, 1.807) is 7.11 Å². The fourth-order valence-electron chi connectivity index (χ4n) is 3.73. The summed E-state index contributed by atoms with van der Waals surface area (Å²) >= 11 is 1.31. The van der Waals surface area contributed by atoms with Crippen LogP contribution in [0, 0.1) is 13.8 Å².